The van der Waals surface area contributed by atoms with E-state index in [0.717, 1.165) is 4.70 Å². The standard InChI is InChI=1S/C11H8F2S/c1-2-11(12,13)9-7-14-10-6-4-3-5-8(9)10/h2-7H,1H2. The van der Waals surface area contributed by atoms with Gasteiger partial charge in [-0.05, 0) is 12.1 Å². The van der Waals surface area contributed by atoms with Gasteiger partial charge in [-0.2, -0.15) is 8.78 Å². The molecule has 3 heteroatoms. The Kier molecular flexibility index (Phi) is 2.11. The lowest BCUT2D eigenvalue weighted by Gasteiger charge is -2.09. The number of benzene rings is 1. The van der Waals surface area contributed by atoms with Gasteiger partial charge in [-0.25, -0.2) is 0 Å². The highest BCUT2D eigenvalue weighted by molar-refractivity contribution is 7.17. The summed E-state index contributed by atoms with van der Waals surface area (Å²) in [4.78, 5) is 0. The van der Waals surface area contributed by atoms with Crippen LogP contribution in [0.2, 0.25) is 0 Å². The number of thiophene rings is 1. The van der Waals surface area contributed by atoms with Gasteiger partial charge in [0.2, 0.25) is 0 Å². The molecule has 14 heavy (non-hydrogen) atoms. The fourth-order valence-corrected chi connectivity index (χ4v) is 2.34. The zero-order chi connectivity index (χ0) is 10.2. The number of rotatable bonds is 2. The van der Waals surface area contributed by atoms with E-state index in [2.05, 4.69) is 6.58 Å². The maximum absolute atomic E-state index is 13.3. The van der Waals surface area contributed by atoms with Crippen molar-refractivity contribution in [3.8, 4) is 0 Å². The average Bonchev–Trinajstić information content (AvgIpc) is 2.61. The third-order valence-electron chi connectivity index (χ3n) is 2.10. The van der Waals surface area contributed by atoms with Crippen molar-refractivity contribution < 1.29 is 8.78 Å². The first-order valence-corrected chi connectivity index (χ1v) is 5.01. The minimum absolute atomic E-state index is 0.0492. The van der Waals surface area contributed by atoms with Crippen molar-refractivity contribution in [2.75, 3.05) is 0 Å². The van der Waals surface area contributed by atoms with Gasteiger partial charge >= 0.3 is 0 Å². The molecule has 0 saturated heterocycles. The molecule has 0 bridgehead atoms. The fraction of sp³-hybridized carbons (Fsp3) is 0.0909. The normalized spacial score (nSPS) is 11.9. The Morgan fingerprint density at radius 1 is 1.29 bits per heavy atom. The Hall–Kier alpha value is -1.22. The Bertz CT molecular complexity index is 471. The van der Waals surface area contributed by atoms with Crippen LogP contribution in [-0.2, 0) is 5.92 Å². The van der Waals surface area contributed by atoms with Gasteiger partial charge in [0, 0.05) is 21.0 Å². The first-order chi connectivity index (χ1) is 6.65. The second-order valence-corrected chi connectivity index (χ2v) is 3.88. The lowest BCUT2D eigenvalue weighted by Crippen LogP contribution is -2.07. The van der Waals surface area contributed by atoms with Crippen molar-refractivity contribution in [2.45, 2.75) is 5.92 Å². The number of hydrogen-bond donors (Lipinski definition) is 0. The smallest absolute Gasteiger partial charge is 0.196 e. The van der Waals surface area contributed by atoms with Crippen LogP contribution in [0.15, 0.2) is 42.3 Å². The van der Waals surface area contributed by atoms with Crippen molar-refractivity contribution in [2.24, 2.45) is 0 Å². The molecule has 0 amide bonds. The highest BCUT2D eigenvalue weighted by Crippen LogP contribution is 2.37. The molecule has 1 aromatic carbocycles. The van der Waals surface area contributed by atoms with Crippen LogP contribution in [0.3, 0.4) is 0 Å². The van der Waals surface area contributed by atoms with Crippen molar-refractivity contribution in [3.63, 3.8) is 0 Å². The summed E-state index contributed by atoms with van der Waals surface area (Å²) in [6.45, 7) is 3.15. The quantitative estimate of drug-likeness (QED) is 0.652. The minimum atomic E-state index is -2.93. The molecule has 0 aliphatic rings. The SMILES string of the molecule is C=CC(F)(F)c1csc2ccccc12. The van der Waals surface area contributed by atoms with Crippen LogP contribution < -0.4 is 0 Å². The second-order valence-electron chi connectivity index (χ2n) is 2.97. The van der Waals surface area contributed by atoms with E-state index in [-0.39, 0.29) is 5.56 Å². The lowest BCUT2D eigenvalue weighted by molar-refractivity contribution is 0.0546. The molecule has 1 aromatic heterocycles. The van der Waals surface area contributed by atoms with Crippen LogP contribution in [0.1, 0.15) is 5.56 Å². The van der Waals surface area contributed by atoms with E-state index in [1.54, 1.807) is 12.1 Å². The van der Waals surface area contributed by atoms with Gasteiger partial charge in [0.1, 0.15) is 0 Å². The molecule has 0 unspecified atom stereocenters. The predicted molar refractivity (Wildman–Crippen MR) is 55.9 cm³/mol. The van der Waals surface area contributed by atoms with Crippen LogP contribution in [0.5, 0.6) is 0 Å². The van der Waals surface area contributed by atoms with Crippen LogP contribution in [0.25, 0.3) is 10.1 Å². The molecule has 0 saturated carbocycles. The van der Waals surface area contributed by atoms with Gasteiger partial charge in [0.25, 0.3) is 5.92 Å². The average molecular weight is 210 g/mol. The number of hydrogen-bond acceptors (Lipinski definition) is 1. The monoisotopic (exact) mass is 210 g/mol. The van der Waals surface area contributed by atoms with E-state index >= 15 is 0 Å². The molecule has 0 fully saturated rings. The van der Waals surface area contributed by atoms with Crippen molar-refractivity contribution >= 4 is 21.4 Å². The molecule has 72 valence electrons. The number of alkyl halides is 2. The van der Waals surface area contributed by atoms with Crippen LogP contribution >= 0.6 is 11.3 Å². The van der Waals surface area contributed by atoms with Crippen molar-refractivity contribution in [3.05, 3.63) is 47.9 Å². The summed E-state index contributed by atoms with van der Waals surface area (Å²) in [5, 5.41) is 2.11. The topological polar surface area (TPSA) is 0 Å². The highest BCUT2D eigenvalue weighted by Gasteiger charge is 2.29. The molecule has 2 rings (SSSR count). The largest absolute Gasteiger partial charge is 0.292 e. The maximum Gasteiger partial charge on any atom is 0.292 e. The lowest BCUT2D eigenvalue weighted by atomic mass is 10.1. The first-order valence-electron chi connectivity index (χ1n) is 4.13. The molecule has 0 radical (unpaired) electrons. The molecular weight excluding hydrogens is 202 g/mol. The van der Waals surface area contributed by atoms with E-state index in [1.807, 2.05) is 12.1 Å². The molecule has 2 aromatic rings. The Labute approximate surface area is 84.5 Å². The summed E-state index contributed by atoms with van der Waals surface area (Å²) in [5.74, 6) is -2.93. The summed E-state index contributed by atoms with van der Waals surface area (Å²) in [7, 11) is 0. The Morgan fingerprint density at radius 3 is 2.71 bits per heavy atom. The van der Waals surface area contributed by atoms with Gasteiger partial charge in [0.05, 0.1) is 0 Å². The Morgan fingerprint density at radius 2 is 2.00 bits per heavy atom. The first kappa shape index (κ1) is 9.34. The summed E-state index contributed by atoms with van der Waals surface area (Å²) < 4.78 is 27.6. The summed E-state index contributed by atoms with van der Waals surface area (Å²) >= 11 is 1.33. The van der Waals surface area contributed by atoms with Crippen molar-refractivity contribution in [1.29, 1.82) is 0 Å². The van der Waals surface area contributed by atoms with Crippen molar-refractivity contribution in [1.82, 2.24) is 0 Å². The zero-order valence-corrected chi connectivity index (χ0v) is 8.15. The second kappa shape index (κ2) is 3.17. The summed E-state index contributed by atoms with van der Waals surface area (Å²) in [6, 6.07) is 7.15. The molecule has 0 N–H and O–H groups in total. The summed E-state index contributed by atoms with van der Waals surface area (Å²) in [6.07, 6.45) is 0.682. The van der Waals surface area contributed by atoms with Gasteiger partial charge in [-0.3, -0.25) is 0 Å². The molecule has 1 heterocycles. The Balaban J connectivity index is 2.70. The molecule has 0 spiro atoms. The van der Waals surface area contributed by atoms with Gasteiger partial charge in [-0.15, -0.1) is 11.3 Å². The molecule has 0 aliphatic carbocycles. The number of fused-ring (bicyclic) bond motifs is 1. The van der Waals surface area contributed by atoms with Gasteiger partial charge in [-0.1, -0.05) is 24.8 Å². The van der Waals surface area contributed by atoms with Gasteiger partial charge in [0.15, 0.2) is 0 Å². The summed E-state index contributed by atoms with van der Waals surface area (Å²) in [5.41, 5.74) is 0.0492. The van der Waals surface area contributed by atoms with E-state index < -0.39 is 5.92 Å². The molecule has 0 atom stereocenters. The minimum Gasteiger partial charge on any atom is -0.196 e. The highest BCUT2D eigenvalue weighted by atomic mass is 32.1. The van der Waals surface area contributed by atoms with E-state index in [0.29, 0.717) is 11.5 Å². The van der Waals surface area contributed by atoms with E-state index in [1.165, 1.54) is 16.7 Å². The van der Waals surface area contributed by atoms with E-state index in [9.17, 15) is 8.78 Å². The molecular formula is C11H8F2S. The molecule has 0 aliphatic heterocycles. The fourth-order valence-electron chi connectivity index (χ4n) is 1.35. The third kappa shape index (κ3) is 1.34. The van der Waals surface area contributed by atoms with Crippen LogP contribution in [0.4, 0.5) is 8.78 Å². The van der Waals surface area contributed by atoms with Crippen LogP contribution in [0, 0.1) is 0 Å². The molecule has 0 nitrogen and oxygen atoms in total. The third-order valence-corrected chi connectivity index (χ3v) is 3.06. The number of halogens is 2. The predicted octanol–water partition coefficient (Wildman–Crippen LogP) is 4.18. The van der Waals surface area contributed by atoms with Crippen LogP contribution in [-0.4, -0.2) is 0 Å². The maximum atomic E-state index is 13.3. The van der Waals surface area contributed by atoms with E-state index in [4.69, 9.17) is 0 Å². The zero-order valence-electron chi connectivity index (χ0n) is 7.34. The van der Waals surface area contributed by atoms with Gasteiger partial charge < -0.3 is 0 Å². The number of allylic oxidation sites excluding steroid dienone is 1.